The lowest BCUT2D eigenvalue weighted by Gasteiger charge is -2.43. The van der Waals surface area contributed by atoms with E-state index in [1.54, 1.807) is 12.2 Å². The van der Waals surface area contributed by atoms with E-state index in [0.29, 0.717) is 33.9 Å². The molecule has 0 fully saturated rings. The lowest BCUT2D eigenvalue weighted by atomic mass is 9.85. The number of rotatable bonds is 11. The van der Waals surface area contributed by atoms with Gasteiger partial charge >= 0.3 is 11.9 Å². The minimum absolute atomic E-state index is 0.0625. The van der Waals surface area contributed by atoms with Crippen molar-refractivity contribution in [1.29, 1.82) is 0 Å². The van der Waals surface area contributed by atoms with Crippen LogP contribution in [0.25, 0.3) is 23.5 Å². The quantitative estimate of drug-likeness (QED) is 0.176. The largest absolute Gasteiger partial charge is 0.478 e. The van der Waals surface area contributed by atoms with Crippen molar-refractivity contribution in [3.63, 3.8) is 0 Å². The van der Waals surface area contributed by atoms with E-state index in [0.717, 1.165) is 12.2 Å². The van der Waals surface area contributed by atoms with Crippen molar-refractivity contribution in [3.05, 3.63) is 58.9 Å². The Labute approximate surface area is 291 Å². The molecular formula is C38H60N2O6Si2. The Morgan fingerprint density at radius 1 is 0.604 bits per heavy atom. The van der Waals surface area contributed by atoms with Crippen LogP contribution in [0.15, 0.2) is 36.4 Å². The van der Waals surface area contributed by atoms with Gasteiger partial charge in [0.05, 0.1) is 35.0 Å². The lowest BCUT2D eigenvalue weighted by Crippen LogP contribution is -2.44. The van der Waals surface area contributed by atoms with Crippen molar-refractivity contribution < 1.29 is 28.7 Å². The summed E-state index contributed by atoms with van der Waals surface area (Å²) in [6.45, 7) is 34.6. The van der Waals surface area contributed by atoms with E-state index in [4.69, 9.17) is 18.8 Å². The van der Waals surface area contributed by atoms with Crippen LogP contribution in [-0.4, -0.2) is 48.8 Å². The molecule has 0 bridgehead atoms. The van der Waals surface area contributed by atoms with Gasteiger partial charge < -0.3 is 19.1 Å². The molecule has 48 heavy (non-hydrogen) atoms. The van der Waals surface area contributed by atoms with Gasteiger partial charge in [0.2, 0.25) is 0 Å². The second-order valence-electron chi connectivity index (χ2n) is 17.9. The Morgan fingerprint density at radius 3 is 1.12 bits per heavy atom. The van der Waals surface area contributed by atoms with E-state index in [-0.39, 0.29) is 20.9 Å². The van der Waals surface area contributed by atoms with E-state index < -0.39 is 40.8 Å². The summed E-state index contributed by atoms with van der Waals surface area (Å²) < 4.78 is 14.1. The molecule has 0 amide bonds. The average molecular weight is 697 g/mol. The van der Waals surface area contributed by atoms with Gasteiger partial charge in [-0.25, -0.2) is 19.6 Å². The third kappa shape index (κ3) is 10.5. The van der Waals surface area contributed by atoms with Crippen LogP contribution < -0.4 is 0 Å². The monoisotopic (exact) mass is 696 g/mol. The Balaban J connectivity index is 2.97. The van der Waals surface area contributed by atoms with Gasteiger partial charge in [0.1, 0.15) is 0 Å². The van der Waals surface area contributed by atoms with E-state index in [2.05, 4.69) is 109 Å². The maximum Gasteiger partial charge on any atom is 0.328 e. The summed E-state index contributed by atoms with van der Waals surface area (Å²) >= 11 is 0. The molecule has 2 N–H and O–H groups in total. The fourth-order valence-electron chi connectivity index (χ4n) is 4.51. The summed E-state index contributed by atoms with van der Waals surface area (Å²) in [6, 6.07) is 7.43. The van der Waals surface area contributed by atoms with Crippen LogP contribution in [0.3, 0.4) is 0 Å². The summed E-state index contributed by atoms with van der Waals surface area (Å²) in [6.07, 6.45) is 4.52. The number of aromatic nitrogens is 2. The molecular weight excluding hydrogens is 637 g/mol. The predicted octanol–water partition coefficient (Wildman–Crippen LogP) is 10.6. The van der Waals surface area contributed by atoms with Crippen molar-refractivity contribution in [2.24, 2.45) is 10.8 Å². The normalized spacial score (nSPS) is 15.2. The van der Waals surface area contributed by atoms with Crippen LogP contribution in [0.1, 0.15) is 118 Å². The minimum atomic E-state index is -2.30. The Hall–Kier alpha value is -2.93. The van der Waals surface area contributed by atoms with Gasteiger partial charge in [0.15, 0.2) is 16.6 Å². The summed E-state index contributed by atoms with van der Waals surface area (Å²) in [5.41, 5.74) is 3.07. The first-order valence-electron chi connectivity index (χ1n) is 16.7. The van der Waals surface area contributed by atoms with Crippen molar-refractivity contribution in [1.82, 2.24) is 9.97 Å². The molecule has 0 saturated heterocycles. The molecule has 0 aliphatic heterocycles. The summed E-state index contributed by atoms with van der Waals surface area (Å²) in [7, 11) is -4.60. The van der Waals surface area contributed by atoms with Crippen LogP contribution in [0.2, 0.25) is 36.3 Å². The summed E-state index contributed by atoms with van der Waals surface area (Å²) in [4.78, 5) is 33.5. The minimum Gasteiger partial charge on any atom is -0.478 e. The van der Waals surface area contributed by atoms with Crippen LogP contribution in [0.4, 0.5) is 0 Å². The first-order chi connectivity index (χ1) is 21.5. The van der Waals surface area contributed by atoms with Gasteiger partial charge in [-0.05, 0) is 82.5 Å². The summed E-state index contributed by atoms with van der Waals surface area (Å²) in [5.74, 6) is -2.09. The Morgan fingerprint density at radius 2 is 0.896 bits per heavy atom. The highest BCUT2D eigenvalue weighted by molar-refractivity contribution is 6.74. The smallest absolute Gasteiger partial charge is 0.328 e. The predicted molar refractivity (Wildman–Crippen MR) is 202 cm³/mol. The molecule has 0 aliphatic carbocycles. The molecule has 0 aromatic carbocycles. The van der Waals surface area contributed by atoms with Gasteiger partial charge in [-0.15, -0.1) is 0 Å². The number of carboxylic acids is 2. The van der Waals surface area contributed by atoms with E-state index in [1.165, 1.54) is 0 Å². The molecule has 266 valence electrons. The molecule has 0 radical (unpaired) electrons. The molecule has 2 aromatic heterocycles. The zero-order valence-electron chi connectivity index (χ0n) is 32.2. The maximum atomic E-state index is 11.6. The number of carboxylic acid groups (broad SMARTS) is 2. The number of hydrogen-bond acceptors (Lipinski definition) is 6. The fourth-order valence-corrected chi connectivity index (χ4v) is 7.32. The van der Waals surface area contributed by atoms with Crippen molar-refractivity contribution in [2.75, 3.05) is 0 Å². The molecule has 10 heteroatoms. The zero-order valence-corrected chi connectivity index (χ0v) is 34.2. The second kappa shape index (κ2) is 14.5. The maximum absolute atomic E-state index is 11.6. The molecule has 2 aromatic rings. The topological polar surface area (TPSA) is 119 Å². The van der Waals surface area contributed by atoms with Gasteiger partial charge in [-0.1, -0.05) is 95.2 Å². The van der Waals surface area contributed by atoms with Gasteiger partial charge in [-0.2, -0.15) is 0 Å². The van der Waals surface area contributed by atoms with Crippen LogP contribution >= 0.6 is 0 Å². The first kappa shape index (κ1) is 41.2. The summed E-state index contributed by atoms with van der Waals surface area (Å²) in [5, 5.41) is 18.8. The van der Waals surface area contributed by atoms with E-state index in [1.807, 2.05) is 24.3 Å². The second-order valence-corrected chi connectivity index (χ2v) is 27.4. The third-order valence-corrected chi connectivity index (χ3v) is 18.4. The fraction of sp³-hybridized carbons (Fsp3) is 0.579. The molecule has 2 heterocycles. The highest BCUT2D eigenvalue weighted by Crippen LogP contribution is 2.47. The van der Waals surface area contributed by atoms with Crippen molar-refractivity contribution >= 4 is 40.7 Å². The Bertz CT molecular complexity index is 1420. The molecule has 2 atom stereocenters. The van der Waals surface area contributed by atoms with Crippen LogP contribution in [0, 0.1) is 10.8 Å². The van der Waals surface area contributed by atoms with Crippen LogP contribution in [0.5, 0.6) is 0 Å². The molecule has 0 unspecified atom stereocenters. The van der Waals surface area contributed by atoms with Crippen LogP contribution in [-0.2, 0) is 18.4 Å². The molecule has 8 nitrogen and oxygen atoms in total. The number of hydrogen-bond donors (Lipinski definition) is 2. The lowest BCUT2D eigenvalue weighted by molar-refractivity contribution is -0.132. The molecule has 0 saturated carbocycles. The number of pyridine rings is 2. The molecule has 2 rings (SSSR count). The SMILES string of the molecule is CC(C)(C)[C@H](O[Si](C)(C)C(C)(C)C)c1nc(-c2ccc(/C=C/C(=O)O)c([C@@H](O[Si](C)(C)C(C)(C)C)C(C)(C)C)n2)ccc1/C=C\C(=O)O. The highest BCUT2D eigenvalue weighted by atomic mass is 28.4. The van der Waals surface area contributed by atoms with Gasteiger partial charge in [-0.3, -0.25) is 0 Å². The number of aliphatic carboxylic acids is 2. The van der Waals surface area contributed by atoms with Gasteiger partial charge in [0.25, 0.3) is 0 Å². The third-order valence-electron chi connectivity index (χ3n) is 9.50. The van der Waals surface area contributed by atoms with Crippen molar-refractivity contribution in [2.45, 2.75) is 132 Å². The average Bonchev–Trinajstić information content (AvgIpc) is 2.90. The first-order valence-corrected chi connectivity index (χ1v) is 22.5. The van der Waals surface area contributed by atoms with E-state index >= 15 is 0 Å². The number of nitrogens with zero attached hydrogens (tertiary/aromatic N) is 2. The Kier molecular flexibility index (Phi) is 12.5. The zero-order chi connectivity index (χ0) is 37.3. The molecule has 0 aliphatic rings. The molecule has 0 spiro atoms. The van der Waals surface area contributed by atoms with Crippen molar-refractivity contribution in [3.8, 4) is 11.4 Å². The van der Waals surface area contributed by atoms with Gasteiger partial charge in [0, 0.05) is 12.2 Å². The van der Waals surface area contributed by atoms with E-state index in [9.17, 15) is 19.8 Å². The standard InChI is InChI=1S/C38H60N2O6Si2/c1-35(2,3)33(45-47(13,14)37(7,8)9)31-25(19-23-29(41)42)17-21-27(39-31)28-22-18-26(20-24-30(43)44)32(40-28)34(36(4,5)6)46-48(15,16)38(10,11)12/h17-24,33-34H,1-16H3,(H,41,42)(H,43,44)/b23-19-,24-20+/t33-,34-/m1/s1. The number of carbonyl (C=O) groups is 2. The highest BCUT2D eigenvalue weighted by Gasteiger charge is 2.44.